The average Bonchev–Trinajstić information content (AvgIpc) is 2.88. The number of nitrogens with zero attached hydrogens (tertiary/aromatic N) is 1. The number of rotatable bonds is 6. The first-order valence-corrected chi connectivity index (χ1v) is 6.59. The van der Waals surface area contributed by atoms with Gasteiger partial charge in [-0.25, -0.2) is 4.98 Å². The zero-order chi connectivity index (χ0) is 11.9. The Kier molecular flexibility index (Phi) is 4.80. The molecular weight excluding hydrogens is 212 g/mol. The van der Waals surface area contributed by atoms with Crippen molar-refractivity contribution in [3.8, 4) is 5.88 Å². The topological polar surface area (TPSA) is 34.1 Å². The SMILES string of the molecule is COc1cccc(CNCCC2CCCC2)n1. The van der Waals surface area contributed by atoms with E-state index in [0.717, 1.165) is 24.7 Å². The number of hydrogen-bond donors (Lipinski definition) is 1. The molecule has 17 heavy (non-hydrogen) atoms. The fraction of sp³-hybridized carbons (Fsp3) is 0.643. The Morgan fingerprint density at radius 2 is 2.18 bits per heavy atom. The van der Waals surface area contributed by atoms with Crippen LogP contribution in [0, 0.1) is 5.92 Å². The second-order valence-electron chi connectivity index (χ2n) is 4.79. The third kappa shape index (κ3) is 4.00. The number of nitrogens with one attached hydrogen (secondary N) is 1. The van der Waals surface area contributed by atoms with E-state index in [1.165, 1.54) is 32.1 Å². The van der Waals surface area contributed by atoms with Gasteiger partial charge in [0, 0.05) is 12.6 Å². The second kappa shape index (κ2) is 6.60. The van der Waals surface area contributed by atoms with Crippen LogP contribution in [0.2, 0.25) is 0 Å². The lowest BCUT2D eigenvalue weighted by atomic mass is 10.0. The van der Waals surface area contributed by atoms with Crippen LogP contribution >= 0.6 is 0 Å². The summed E-state index contributed by atoms with van der Waals surface area (Å²) < 4.78 is 5.10. The molecule has 0 bridgehead atoms. The van der Waals surface area contributed by atoms with Crippen molar-refractivity contribution in [2.75, 3.05) is 13.7 Å². The molecule has 0 radical (unpaired) electrons. The van der Waals surface area contributed by atoms with Crippen molar-refractivity contribution in [2.45, 2.75) is 38.6 Å². The molecule has 0 amide bonds. The Balaban J connectivity index is 1.66. The van der Waals surface area contributed by atoms with Crippen LogP contribution in [0.5, 0.6) is 5.88 Å². The molecule has 1 saturated carbocycles. The highest BCUT2D eigenvalue weighted by molar-refractivity contribution is 5.15. The summed E-state index contributed by atoms with van der Waals surface area (Å²) in [5.41, 5.74) is 1.05. The molecule has 94 valence electrons. The van der Waals surface area contributed by atoms with Gasteiger partial charge in [-0.3, -0.25) is 0 Å². The summed E-state index contributed by atoms with van der Waals surface area (Å²) in [6, 6.07) is 5.90. The van der Waals surface area contributed by atoms with Gasteiger partial charge in [0.15, 0.2) is 0 Å². The zero-order valence-electron chi connectivity index (χ0n) is 10.6. The summed E-state index contributed by atoms with van der Waals surface area (Å²) in [6.07, 6.45) is 7.03. The predicted molar refractivity (Wildman–Crippen MR) is 69.1 cm³/mol. The first-order valence-electron chi connectivity index (χ1n) is 6.59. The van der Waals surface area contributed by atoms with Gasteiger partial charge in [0.1, 0.15) is 0 Å². The molecule has 1 aliphatic carbocycles. The average molecular weight is 234 g/mol. The van der Waals surface area contributed by atoms with Crippen molar-refractivity contribution >= 4 is 0 Å². The number of hydrogen-bond acceptors (Lipinski definition) is 3. The number of ether oxygens (including phenoxy) is 1. The highest BCUT2D eigenvalue weighted by Gasteiger charge is 2.13. The lowest BCUT2D eigenvalue weighted by molar-refractivity contribution is 0.395. The van der Waals surface area contributed by atoms with Crippen LogP contribution in [-0.4, -0.2) is 18.6 Å². The zero-order valence-corrected chi connectivity index (χ0v) is 10.6. The standard InChI is InChI=1S/C14H22N2O/c1-17-14-8-4-7-13(16-14)11-15-10-9-12-5-2-3-6-12/h4,7-8,12,15H,2-3,5-6,9-11H2,1H3. The Hall–Kier alpha value is -1.09. The largest absolute Gasteiger partial charge is 0.481 e. The Labute approximate surface area is 104 Å². The highest BCUT2D eigenvalue weighted by atomic mass is 16.5. The molecule has 0 unspecified atom stereocenters. The summed E-state index contributed by atoms with van der Waals surface area (Å²) in [5.74, 6) is 1.65. The van der Waals surface area contributed by atoms with Gasteiger partial charge >= 0.3 is 0 Å². The van der Waals surface area contributed by atoms with E-state index in [2.05, 4.69) is 10.3 Å². The van der Waals surface area contributed by atoms with Crippen LogP contribution in [0.15, 0.2) is 18.2 Å². The number of methoxy groups -OCH3 is 1. The van der Waals surface area contributed by atoms with Crippen molar-refractivity contribution in [1.29, 1.82) is 0 Å². The van der Waals surface area contributed by atoms with E-state index in [1.807, 2.05) is 18.2 Å². The first-order chi connectivity index (χ1) is 8.38. The molecule has 1 aliphatic rings. The summed E-state index contributed by atoms with van der Waals surface area (Å²) >= 11 is 0. The fourth-order valence-corrected chi connectivity index (χ4v) is 2.49. The monoisotopic (exact) mass is 234 g/mol. The molecule has 2 rings (SSSR count). The Morgan fingerprint density at radius 1 is 1.35 bits per heavy atom. The summed E-state index contributed by atoms with van der Waals surface area (Å²) in [4.78, 5) is 4.38. The fourth-order valence-electron chi connectivity index (χ4n) is 2.49. The molecule has 0 saturated heterocycles. The third-order valence-electron chi connectivity index (χ3n) is 3.50. The molecule has 1 N–H and O–H groups in total. The van der Waals surface area contributed by atoms with E-state index in [1.54, 1.807) is 7.11 Å². The lowest BCUT2D eigenvalue weighted by Gasteiger charge is -2.09. The van der Waals surface area contributed by atoms with Crippen LogP contribution in [0.3, 0.4) is 0 Å². The van der Waals surface area contributed by atoms with Crippen molar-refractivity contribution in [1.82, 2.24) is 10.3 Å². The van der Waals surface area contributed by atoms with Crippen LogP contribution in [0.1, 0.15) is 37.8 Å². The smallest absolute Gasteiger partial charge is 0.213 e. The minimum atomic E-state index is 0.695. The van der Waals surface area contributed by atoms with Gasteiger partial charge in [-0.2, -0.15) is 0 Å². The molecule has 0 spiro atoms. The third-order valence-corrected chi connectivity index (χ3v) is 3.50. The second-order valence-corrected chi connectivity index (χ2v) is 4.79. The maximum absolute atomic E-state index is 5.10. The van der Waals surface area contributed by atoms with Gasteiger partial charge in [0.05, 0.1) is 12.8 Å². The molecule has 1 fully saturated rings. The van der Waals surface area contributed by atoms with E-state index in [-0.39, 0.29) is 0 Å². The molecular formula is C14H22N2O. The van der Waals surface area contributed by atoms with Gasteiger partial charge in [0.2, 0.25) is 5.88 Å². The summed E-state index contributed by atoms with van der Waals surface area (Å²) in [5, 5.41) is 3.46. The van der Waals surface area contributed by atoms with Crippen molar-refractivity contribution in [3.63, 3.8) is 0 Å². The van der Waals surface area contributed by atoms with Crippen molar-refractivity contribution in [2.24, 2.45) is 5.92 Å². The maximum atomic E-state index is 5.10. The summed E-state index contributed by atoms with van der Waals surface area (Å²) in [7, 11) is 1.65. The van der Waals surface area contributed by atoms with E-state index in [9.17, 15) is 0 Å². The molecule has 0 aromatic carbocycles. The van der Waals surface area contributed by atoms with Gasteiger partial charge in [0.25, 0.3) is 0 Å². The lowest BCUT2D eigenvalue weighted by Crippen LogP contribution is -2.17. The van der Waals surface area contributed by atoms with Gasteiger partial charge in [-0.15, -0.1) is 0 Å². The van der Waals surface area contributed by atoms with Gasteiger partial charge < -0.3 is 10.1 Å². The van der Waals surface area contributed by atoms with E-state index in [0.29, 0.717) is 5.88 Å². The van der Waals surface area contributed by atoms with Crippen LogP contribution in [0.4, 0.5) is 0 Å². The van der Waals surface area contributed by atoms with Crippen LogP contribution in [-0.2, 0) is 6.54 Å². The first kappa shape index (κ1) is 12.4. The van der Waals surface area contributed by atoms with Crippen molar-refractivity contribution in [3.05, 3.63) is 23.9 Å². The molecule has 1 aromatic rings. The quantitative estimate of drug-likeness (QED) is 0.768. The van der Waals surface area contributed by atoms with Gasteiger partial charge in [-0.05, 0) is 24.9 Å². The van der Waals surface area contributed by atoms with Crippen LogP contribution < -0.4 is 10.1 Å². The molecule has 1 heterocycles. The molecule has 0 aliphatic heterocycles. The van der Waals surface area contributed by atoms with Gasteiger partial charge in [-0.1, -0.05) is 31.7 Å². The minimum absolute atomic E-state index is 0.695. The Morgan fingerprint density at radius 3 is 2.94 bits per heavy atom. The molecule has 0 atom stereocenters. The van der Waals surface area contributed by atoms with Crippen LogP contribution in [0.25, 0.3) is 0 Å². The Bertz CT molecular complexity index is 335. The maximum Gasteiger partial charge on any atom is 0.213 e. The number of aromatic nitrogens is 1. The normalized spacial score (nSPS) is 16.3. The molecule has 3 nitrogen and oxygen atoms in total. The van der Waals surface area contributed by atoms with Crippen molar-refractivity contribution < 1.29 is 4.74 Å². The summed E-state index contributed by atoms with van der Waals surface area (Å²) in [6.45, 7) is 1.94. The molecule has 3 heteroatoms. The van der Waals surface area contributed by atoms with E-state index < -0.39 is 0 Å². The predicted octanol–water partition coefficient (Wildman–Crippen LogP) is 2.76. The molecule has 1 aromatic heterocycles. The van der Waals surface area contributed by atoms with E-state index >= 15 is 0 Å². The minimum Gasteiger partial charge on any atom is -0.481 e. The highest BCUT2D eigenvalue weighted by Crippen LogP contribution is 2.26. The van der Waals surface area contributed by atoms with E-state index in [4.69, 9.17) is 4.74 Å². The number of pyridine rings is 1.